The van der Waals surface area contributed by atoms with Gasteiger partial charge >= 0.3 is 0 Å². The average molecular weight is 265 g/mol. The van der Waals surface area contributed by atoms with Crippen LogP contribution in [0.5, 0.6) is 0 Å². The fourth-order valence-electron chi connectivity index (χ4n) is 2.31. The molecule has 3 nitrogen and oxygen atoms in total. The third kappa shape index (κ3) is 7.24. The molecule has 0 radical (unpaired) electrons. The molecular formula is C16H31N3. The SMILES string of the molecule is CCCCCCCCCCn1ccnc1NCCC. The first kappa shape index (κ1) is 16.1. The molecule has 3 heteroatoms. The molecular weight excluding hydrogens is 234 g/mol. The van der Waals surface area contributed by atoms with Crippen molar-refractivity contribution in [2.45, 2.75) is 78.2 Å². The Morgan fingerprint density at radius 2 is 1.63 bits per heavy atom. The van der Waals surface area contributed by atoms with Crippen LogP contribution >= 0.6 is 0 Å². The zero-order valence-electron chi connectivity index (χ0n) is 12.8. The van der Waals surface area contributed by atoms with E-state index in [2.05, 4.69) is 34.9 Å². The van der Waals surface area contributed by atoms with Crippen molar-refractivity contribution in [3.63, 3.8) is 0 Å². The van der Waals surface area contributed by atoms with Crippen molar-refractivity contribution in [3.8, 4) is 0 Å². The van der Waals surface area contributed by atoms with Crippen molar-refractivity contribution in [2.75, 3.05) is 11.9 Å². The van der Waals surface area contributed by atoms with Crippen molar-refractivity contribution in [1.29, 1.82) is 0 Å². The van der Waals surface area contributed by atoms with Gasteiger partial charge in [-0.25, -0.2) is 4.98 Å². The van der Waals surface area contributed by atoms with E-state index >= 15 is 0 Å². The minimum Gasteiger partial charge on any atom is -0.356 e. The van der Waals surface area contributed by atoms with E-state index in [1.54, 1.807) is 0 Å². The molecule has 0 atom stereocenters. The molecule has 0 spiro atoms. The lowest BCUT2D eigenvalue weighted by atomic mass is 10.1. The second-order valence-electron chi connectivity index (χ2n) is 5.35. The van der Waals surface area contributed by atoms with Gasteiger partial charge in [0.15, 0.2) is 0 Å². The molecule has 1 rings (SSSR count). The standard InChI is InChI=1S/C16H31N3/c1-3-5-6-7-8-9-10-11-14-19-15-13-18-16(19)17-12-4-2/h13,15H,3-12,14H2,1-2H3,(H,17,18). The molecule has 1 aromatic heterocycles. The predicted octanol–water partition coefficient (Wildman–Crippen LogP) is 4.85. The van der Waals surface area contributed by atoms with Crippen LogP contribution in [0.15, 0.2) is 12.4 Å². The topological polar surface area (TPSA) is 29.9 Å². The molecule has 0 aliphatic heterocycles. The zero-order valence-corrected chi connectivity index (χ0v) is 12.8. The van der Waals surface area contributed by atoms with Crippen LogP contribution in [-0.2, 0) is 6.54 Å². The molecule has 0 aliphatic rings. The highest BCUT2D eigenvalue weighted by Gasteiger charge is 2.00. The third-order valence-electron chi connectivity index (χ3n) is 3.50. The smallest absolute Gasteiger partial charge is 0.202 e. The largest absolute Gasteiger partial charge is 0.356 e. The molecule has 0 saturated carbocycles. The fourth-order valence-corrected chi connectivity index (χ4v) is 2.31. The number of unbranched alkanes of at least 4 members (excludes halogenated alkanes) is 7. The van der Waals surface area contributed by atoms with Crippen molar-refractivity contribution < 1.29 is 0 Å². The third-order valence-corrected chi connectivity index (χ3v) is 3.50. The highest BCUT2D eigenvalue weighted by molar-refractivity contribution is 5.25. The summed E-state index contributed by atoms with van der Waals surface area (Å²) >= 11 is 0. The van der Waals surface area contributed by atoms with Gasteiger partial charge in [-0.2, -0.15) is 0 Å². The maximum Gasteiger partial charge on any atom is 0.202 e. The Bertz CT molecular complexity index is 307. The van der Waals surface area contributed by atoms with Gasteiger partial charge in [0.1, 0.15) is 0 Å². The van der Waals surface area contributed by atoms with Crippen LogP contribution in [0.1, 0.15) is 71.6 Å². The lowest BCUT2D eigenvalue weighted by Crippen LogP contribution is -2.08. The van der Waals surface area contributed by atoms with E-state index in [4.69, 9.17) is 0 Å². The number of aryl methyl sites for hydroxylation is 1. The monoisotopic (exact) mass is 265 g/mol. The van der Waals surface area contributed by atoms with Gasteiger partial charge in [0.05, 0.1) is 0 Å². The number of aromatic nitrogens is 2. The second-order valence-corrected chi connectivity index (χ2v) is 5.35. The highest BCUT2D eigenvalue weighted by Crippen LogP contribution is 2.11. The summed E-state index contributed by atoms with van der Waals surface area (Å²) in [7, 11) is 0. The van der Waals surface area contributed by atoms with Gasteiger partial charge in [-0.15, -0.1) is 0 Å². The molecule has 0 aliphatic carbocycles. The first-order valence-corrected chi connectivity index (χ1v) is 8.13. The molecule has 0 fully saturated rings. The summed E-state index contributed by atoms with van der Waals surface area (Å²) in [5.41, 5.74) is 0. The van der Waals surface area contributed by atoms with E-state index in [0.717, 1.165) is 25.5 Å². The van der Waals surface area contributed by atoms with Crippen LogP contribution in [0.4, 0.5) is 5.95 Å². The Hall–Kier alpha value is -0.990. The minimum absolute atomic E-state index is 1.01. The Kier molecular flexibility index (Phi) is 9.21. The maximum absolute atomic E-state index is 4.35. The summed E-state index contributed by atoms with van der Waals surface area (Å²) in [6.07, 6.45) is 16.1. The molecule has 0 aromatic carbocycles. The first-order valence-electron chi connectivity index (χ1n) is 8.13. The van der Waals surface area contributed by atoms with E-state index in [1.165, 1.54) is 51.4 Å². The summed E-state index contributed by atoms with van der Waals surface area (Å²) in [6, 6.07) is 0. The van der Waals surface area contributed by atoms with Gasteiger partial charge in [0, 0.05) is 25.5 Å². The predicted molar refractivity (Wildman–Crippen MR) is 83.6 cm³/mol. The van der Waals surface area contributed by atoms with Crippen LogP contribution in [0.3, 0.4) is 0 Å². The van der Waals surface area contributed by atoms with Crippen LogP contribution < -0.4 is 5.32 Å². The molecule has 0 bridgehead atoms. The Labute approximate surface area is 118 Å². The number of anilines is 1. The summed E-state index contributed by atoms with van der Waals surface area (Å²) < 4.78 is 2.24. The van der Waals surface area contributed by atoms with Crippen LogP contribution in [0.2, 0.25) is 0 Å². The van der Waals surface area contributed by atoms with Crippen molar-refractivity contribution in [2.24, 2.45) is 0 Å². The fraction of sp³-hybridized carbons (Fsp3) is 0.812. The van der Waals surface area contributed by atoms with Crippen molar-refractivity contribution in [1.82, 2.24) is 9.55 Å². The molecule has 19 heavy (non-hydrogen) atoms. The van der Waals surface area contributed by atoms with Gasteiger partial charge in [0.2, 0.25) is 5.95 Å². The molecule has 110 valence electrons. The Morgan fingerprint density at radius 3 is 2.32 bits per heavy atom. The molecule has 0 amide bonds. The van der Waals surface area contributed by atoms with Gasteiger partial charge in [-0.05, 0) is 12.8 Å². The lowest BCUT2D eigenvalue weighted by Gasteiger charge is -2.09. The van der Waals surface area contributed by atoms with Gasteiger partial charge in [0.25, 0.3) is 0 Å². The highest BCUT2D eigenvalue weighted by atomic mass is 15.2. The molecule has 1 aromatic rings. The van der Waals surface area contributed by atoms with Crippen LogP contribution in [0, 0.1) is 0 Å². The van der Waals surface area contributed by atoms with Gasteiger partial charge < -0.3 is 9.88 Å². The van der Waals surface area contributed by atoms with E-state index in [-0.39, 0.29) is 0 Å². The first-order chi connectivity index (χ1) is 9.38. The number of hydrogen-bond donors (Lipinski definition) is 1. The summed E-state index contributed by atoms with van der Waals surface area (Å²) in [6.45, 7) is 6.56. The zero-order chi connectivity index (χ0) is 13.8. The van der Waals surface area contributed by atoms with E-state index in [1.807, 2.05) is 6.20 Å². The maximum atomic E-state index is 4.35. The van der Waals surface area contributed by atoms with E-state index in [9.17, 15) is 0 Å². The summed E-state index contributed by atoms with van der Waals surface area (Å²) in [4.78, 5) is 4.35. The van der Waals surface area contributed by atoms with Crippen molar-refractivity contribution in [3.05, 3.63) is 12.4 Å². The van der Waals surface area contributed by atoms with Gasteiger partial charge in [-0.1, -0.05) is 58.8 Å². The Balaban J connectivity index is 2.04. The Morgan fingerprint density at radius 1 is 0.947 bits per heavy atom. The van der Waals surface area contributed by atoms with E-state index in [0.29, 0.717) is 0 Å². The molecule has 1 N–H and O–H groups in total. The molecule has 0 saturated heterocycles. The van der Waals surface area contributed by atoms with Gasteiger partial charge in [-0.3, -0.25) is 0 Å². The second kappa shape index (κ2) is 10.9. The number of rotatable bonds is 12. The molecule has 1 heterocycles. The summed E-state index contributed by atoms with van der Waals surface area (Å²) in [5, 5.41) is 3.37. The normalized spacial score (nSPS) is 10.8. The summed E-state index contributed by atoms with van der Waals surface area (Å²) in [5.74, 6) is 1.03. The quantitative estimate of drug-likeness (QED) is 0.548. The minimum atomic E-state index is 1.01. The number of hydrogen-bond acceptors (Lipinski definition) is 2. The molecule has 0 unspecified atom stereocenters. The van der Waals surface area contributed by atoms with Crippen LogP contribution in [0.25, 0.3) is 0 Å². The van der Waals surface area contributed by atoms with Crippen molar-refractivity contribution >= 4 is 5.95 Å². The van der Waals surface area contributed by atoms with E-state index < -0.39 is 0 Å². The number of nitrogens with zero attached hydrogens (tertiary/aromatic N) is 2. The van der Waals surface area contributed by atoms with Crippen LogP contribution in [-0.4, -0.2) is 16.1 Å². The number of nitrogens with one attached hydrogen (secondary N) is 1. The lowest BCUT2D eigenvalue weighted by molar-refractivity contribution is 0.545. The number of imidazole rings is 1. The average Bonchev–Trinajstić information content (AvgIpc) is 2.87.